The highest BCUT2D eigenvalue weighted by atomic mass is 79.9. The van der Waals surface area contributed by atoms with Crippen LogP contribution in [0, 0.1) is 0 Å². The first-order chi connectivity index (χ1) is 9.22. The van der Waals surface area contributed by atoms with Gasteiger partial charge >= 0.3 is 0 Å². The Hall–Kier alpha value is -1.52. The van der Waals surface area contributed by atoms with Crippen molar-refractivity contribution in [2.75, 3.05) is 6.61 Å². The molecule has 19 heavy (non-hydrogen) atoms. The summed E-state index contributed by atoms with van der Waals surface area (Å²) in [5, 5.41) is 0. The molecule has 4 heteroatoms. The van der Waals surface area contributed by atoms with Crippen molar-refractivity contribution >= 4 is 15.9 Å². The minimum atomic E-state index is 0.444. The number of ether oxygens (including phenoxy) is 2. The molecule has 0 saturated heterocycles. The van der Waals surface area contributed by atoms with Gasteiger partial charge in [-0.3, -0.25) is 0 Å². The van der Waals surface area contributed by atoms with Gasteiger partial charge in [-0.15, -0.1) is 0 Å². The standard InChI is InChI=1S/C15H16BrNO2/c1-2-18-13-5-7-14(8-6-13)19-15-9-12(16)4-3-11(15)10-17/h3-9H,2,10,17H2,1H3. The molecule has 0 unspecified atom stereocenters. The third-order valence-corrected chi connectivity index (χ3v) is 3.10. The molecule has 0 aliphatic rings. The van der Waals surface area contributed by atoms with Gasteiger partial charge in [-0.1, -0.05) is 22.0 Å². The lowest BCUT2D eigenvalue weighted by Gasteiger charge is -2.11. The lowest BCUT2D eigenvalue weighted by Crippen LogP contribution is -1.99. The van der Waals surface area contributed by atoms with Crippen LogP contribution in [0.1, 0.15) is 12.5 Å². The summed E-state index contributed by atoms with van der Waals surface area (Å²) in [6.45, 7) is 3.06. The number of nitrogens with two attached hydrogens (primary N) is 1. The molecule has 2 N–H and O–H groups in total. The van der Waals surface area contributed by atoms with Crippen LogP contribution in [0.3, 0.4) is 0 Å². The van der Waals surface area contributed by atoms with Crippen molar-refractivity contribution in [1.82, 2.24) is 0 Å². The van der Waals surface area contributed by atoms with Crippen LogP contribution in [0.4, 0.5) is 0 Å². The second-order valence-electron chi connectivity index (χ2n) is 3.96. The molecule has 0 amide bonds. The van der Waals surface area contributed by atoms with Crippen molar-refractivity contribution in [3.05, 3.63) is 52.5 Å². The van der Waals surface area contributed by atoms with Crippen LogP contribution in [0.25, 0.3) is 0 Å². The maximum atomic E-state index is 5.85. The first-order valence-corrected chi connectivity index (χ1v) is 6.91. The van der Waals surface area contributed by atoms with Gasteiger partial charge in [0.25, 0.3) is 0 Å². The third-order valence-electron chi connectivity index (χ3n) is 2.61. The number of halogens is 1. The summed E-state index contributed by atoms with van der Waals surface area (Å²) < 4.78 is 12.2. The lowest BCUT2D eigenvalue weighted by molar-refractivity contribution is 0.339. The second kappa shape index (κ2) is 6.59. The van der Waals surface area contributed by atoms with Crippen LogP contribution in [-0.4, -0.2) is 6.61 Å². The Morgan fingerprint density at radius 2 is 1.74 bits per heavy atom. The average molecular weight is 322 g/mol. The summed E-state index contributed by atoms with van der Waals surface area (Å²) in [4.78, 5) is 0. The first kappa shape index (κ1) is 13.9. The summed E-state index contributed by atoms with van der Waals surface area (Å²) in [6.07, 6.45) is 0. The van der Waals surface area contributed by atoms with Gasteiger partial charge < -0.3 is 15.2 Å². The van der Waals surface area contributed by atoms with Gasteiger partial charge in [0.05, 0.1) is 6.61 Å². The number of hydrogen-bond donors (Lipinski definition) is 1. The molecule has 0 aliphatic carbocycles. The van der Waals surface area contributed by atoms with Crippen molar-refractivity contribution in [1.29, 1.82) is 0 Å². The van der Waals surface area contributed by atoms with Gasteiger partial charge in [0.15, 0.2) is 0 Å². The molecule has 0 spiro atoms. The molecular formula is C15H16BrNO2. The fraction of sp³-hybridized carbons (Fsp3) is 0.200. The minimum absolute atomic E-state index is 0.444. The van der Waals surface area contributed by atoms with Crippen LogP contribution in [-0.2, 0) is 6.54 Å². The highest BCUT2D eigenvalue weighted by Crippen LogP contribution is 2.29. The largest absolute Gasteiger partial charge is 0.494 e. The number of benzene rings is 2. The van der Waals surface area contributed by atoms with Crippen LogP contribution in [0.5, 0.6) is 17.2 Å². The molecule has 2 aromatic rings. The fourth-order valence-corrected chi connectivity index (χ4v) is 2.03. The molecule has 0 saturated carbocycles. The summed E-state index contributed by atoms with van der Waals surface area (Å²) in [5.41, 5.74) is 6.67. The summed E-state index contributed by atoms with van der Waals surface area (Å²) in [7, 11) is 0. The highest BCUT2D eigenvalue weighted by molar-refractivity contribution is 9.10. The Morgan fingerprint density at radius 1 is 1.05 bits per heavy atom. The van der Waals surface area contributed by atoms with Crippen LogP contribution in [0.2, 0.25) is 0 Å². The fourth-order valence-electron chi connectivity index (χ4n) is 1.69. The predicted molar refractivity (Wildman–Crippen MR) is 79.7 cm³/mol. The molecule has 3 nitrogen and oxygen atoms in total. The summed E-state index contributed by atoms with van der Waals surface area (Å²) in [6, 6.07) is 13.4. The molecule has 0 atom stereocenters. The molecule has 0 heterocycles. The van der Waals surface area contributed by atoms with Crippen LogP contribution in [0.15, 0.2) is 46.9 Å². The maximum absolute atomic E-state index is 5.85. The normalized spacial score (nSPS) is 10.3. The molecule has 0 aromatic heterocycles. The Labute approximate surface area is 121 Å². The zero-order valence-electron chi connectivity index (χ0n) is 10.7. The van der Waals surface area contributed by atoms with Crippen molar-refractivity contribution in [3.63, 3.8) is 0 Å². The quantitative estimate of drug-likeness (QED) is 0.901. The molecule has 100 valence electrons. The minimum Gasteiger partial charge on any atom is -0.494 e. The van der Waals surface area contributed by atoms with E-state index in [0.717, 1.165) is 27.3 Å². The van der Waals surface area contributed by atoms with E-state index >= 15 is 0 Å². The van der Waals surface area contributed by atoms with Crippen molar-refractivity contribution in [2.24, 2.45) is 5.73 Å². The lowest BCUT2D eigenvalue weighted by atomic mass is 10.2. The molecule has 2 rings (SSSR count). The predicted octanol–water partition coefficient (Wildman–Crippen LogP) is 4.10. The number of rotatable bonds is 5. The zero-order valence-corrected chi connectivity index (χ0v) is 12.3. The second-order valence-corrected chi connectivity index (χ2v) is 4.88. The van der Waals surface area contributed by atoms with E-state index < -0.39 is 0 Å². The molecule has 2 aromatic carbocycles. The van der Waals surface area contributed by atoms with E-state index in [9.17, 15) is 0 Å². The van der Waals surface area contributed by atoms with E-state index in [-0.39, 0.29) is 0 Å². The van der Waals surface area contributed by atoms with Crippen molar-refractivity contribution in [2.45, 2.75) is 13.5 Å². The van der Waals surface area contributed by atoms with Crippen molar-refractivity contribution < 1.29 is 9.47 Å². The molecular weight excluding hydrogens is 306 g/mol. The Kier molecular flexibility index (Phi) is 4.82. The van der Waals surface area contributed by atoms with Gasteiger partial charge in [0.2, 0.25) is 0 Å². The first-order valence-electron chi connectivity index (χ1n) is 6.12. The number of hydrogen-bond acceptors (Lipinski definition) is 3. The Morgan fingerprint density at radius 3 is 2.37 bits per heavy atom. The molecule has 0 radical (unpaired) electrons. The van der Waals surface area contributed by atoms with E-state index in [1.54, 1.807) is 0 Å². The van der Waals surface area contributed by atoms with Crippen molar-refractivity contribution in [3.8, 4) is 17.2 Å². The highest BCUT2D eigenvalue weighted by Gasteiger charge is 2.05. The van der Waals surface area contributed by atoms with Gasteiger partial charge in [0, 0.05) is 16.6 Å². The molecule has 0 bridgehead atoms. The molecule has 0 aliphatic heterocycles. The molecule has 0 fully saturated rings. The summed E-state index contributed by atoms with van der Waals surface area (Å²) in [5.74, 6) is 2.36. The van der Waals surface area contributed by atoms with E-state index in [2.05, 4.69) is 15.9 Å². The van der Waals surface area contributed by atoms with Crippen LogP contribution >= 0.6 is 15.9 Å². The third kappa shape index (κ3) is 3.72. The van der Waals surface area contributed by atoms with E-state index in [1.165, 1.54) is 0 Å². The van der Waals surface area contributed by atoms with E-state index in [4.69, 9.17) is 15.2 Å². The maximum Gasteiger partial charge on any atom is 0.133 e. The SMILES string of the molecule is CCOc1ccc(Oc2cc(Br)ccc2CN)cc1. The topological polar surface area (TPSA) is 44.5 Å². The van der Waals surface area contributed by atoms with Gasteiger partial charge in [-0.2, -0.15) is 0 Å². The van der Waals surface area contributed by atoms with Crippen LogP contribution < -0.4 is 15.2 Å². The van der Waals surface area contributed by atoms with Gasteiger partial charge in [0.1, 0.15) is 17.2 Å². The zero-order chi connectivity index (χ0) is 13.7. The smallest absolute Gasteiger partial charge is 0.133 e. The van der Waals surface area contributed by atoms with E-state index in [1.807, 2.05) is 49.4 Å². The van der Waals surface area contributed by atoms with Gasteiger partial charge in [-0.05, 0) is 43.3 Å². The summed E-state index contributed by atoms with van der Waals surface area (Å²) >= 11 is 3.43. The average Bonchev–Trinajstić information content (AvgIpc) is 2.42. The monoisotopic (exact) mass is 321 g/mol. The van der Waals surface area contributed by atoms with Gasteiger partial charge in [-0.25, -0.2) is 0 Å². The Balaban J connectivity index is 2.18. The Bertz CT molecular complexity index is 540. The van der Waals surface area contributed by atoms with E-state index in [0.29, 0.717) is 13.2 Å².